The first-order chi connectivity index (χ1) is 14.4. The fourth-order valence-corrected chi connectivity index (χ4v) is 4.95. The number of likely N-dealkylation sites (tertiary alicyclic amines) is 2. The molecule has 2 saturated heterocycles. The molecule has 0 spiro atoms. The first kappa shape index (κ1) is 20.6. The highest BCUT2D eigenvalue weighted by Crippen LogP contribution is 2.35. The normalized spacial score (nSPS) is 21.7. The summed E-state index contributed by atoms with van der Waals surface area (Å²) >= 11 is 0. The van der Waals surface area contributed by atoms with Crippen LogP contribution in [0.3, 0.4) is 0 Å². The lowest BCUT2D eigenvalue weighted by molar-refractivity contribution is -0.138. The number of hydrogen-bond acceptors (Lipinski definition) is 2. The van der Waals surface area contributed by atoms with Crippen LogP contribution in [0.5, 0.6) is 0 Å². The molecule has 30 heavy (non-hydrogen) atoms. The second-order valence-corrected chi connectivity index (χ2v) is 8.71. The van der Waals surface area contributed by atoms with E-state index in [0.29, 0.717) is 18.7 Å². The quantitative estimate of drug-likeness (QED) is 0.741. The number of piperidine rings is 1. The highest BCUT2D eigenvalue weighted by Gasteiger charge is 2.37. The molecule has 2 aliphatic rings. The van der Waals surface area contributed by atoms with Gasteiger partial charge in [0.2, 0.25) is 5.91 Å². The van der Waals surface area contributed by atoms with Crippen molar-refractivity contribution in [2.45, 2.75) is 45.6 Å². The second kappa shape index (κ2) is 8.58. The number of aryl methyl sites for hydroxylation is 2. The Morgan fingerprint density at radius 2 is 1.60 bits per heavy atom. The van der Waals surface area contributed by atoms with Crippen molar-refractivity contribution in [3.05, 3.63) is 70.5 Å². The number of rotatable bonds is 3. The number of benzene rings is 2. The molecule has 2 unspecified atom stereocenters. The van der Waals surface area contributed by atoms with E-state index in [1.54, 1.807) is 4.90 Å². The van der Waals surface area contributed by atoms with Crippen LogP contribution < -0.4 is 0 Å². The van der Waals surface area contributed by atoms with Crippen molar-refractivity contribution in [3.8, 4) is 0 Å². The van der Waals surface area contributed by atoms with Gasteiger partial charge in [0.1, 0.15) is 5.82 Å². The van der Waals surface area contributed by atoms with Crippen LogP contribution in [-0.2, 0) is 4.79 Å². The first-order valence-electron chi connectivity index (χ1n) is 10.9. The van der Waals surface area contributed by atoms with Crippen LogP contribution in [0.1, 0.15) is 58.8 Å². The fraction of sp³-hybridized carbons (Fsp3) is 0.440. The molecule has 0 aromatic heterocycles. The van der Waals surface area contributed by atoms with Gasteiger partial charge in [0, 0.05) is 25.2 Å². The average molecular weight is 409 g/mol. The highest BCUT2D eigenvalue weighted by atomic mass is 19.1. The van der Waals surface area contributed by atoms with Crippen LogP contribution in [0, 0.1) is 25.6 Å². The Hall–Kier alpha value is -2.69. The summed E-state index contributed by atoms with van der Waals surface area (Å²) in [5, 5.41) is 0. The van der Waals surface area contributed by atoms with E-state index in [4.69, 9.17) is 0 Å². The van der Waals surface area contributed by atoms with Crippen molar-refractivity contribution >= 4 is 11.8 Å². The number of carbonyl (C=O) groups is 2. The smallest absolute Gasteiger partial charge is 0.253 e. The zero-order valence-electron chi connectivity index (χ0n) is 17.7. The third-order valence-corrected chi connectivity index (χ3v) is 6.31. The lowest BCUT2D eigenvalue weighted by atomic mass is 9.94. The Balaban J connectivity index is 1.48. The van der Waals surface area contributed by atoms with Gasteiger partial charge in [-0.1, -0.05) is 29.3 Å². The minimum absolute atomic E-state index is 0.124. The van der Waals surface area contributed by atoms with E-state index in [2.05, 4.69) is 32.0 Å². The van der Waals surface area contributed by atoms with Crippen molar-refractivity contribution in [2.24, 2.45) is 5.92 Å². The summed E-state index contributed by atoms with van der Waals surface area (Å²) in [5.74, 6) is -0.493. The fourth-order valence-electron chi connectivity index (χ4n) is 4.95. The van der Waals surface area contributed by atoms with Crippen molar-refractivity contribution in [1.82, 2.24) is 9.80 Å². The Kier molecular flexibility index (Phi) is 5.89. The zero-order valence-corrected chi connectivity index (χ0v) is 17.7. The average Bonchev–Trinajstić information content (AvgIpc) is 3.22. The van der Waals surface area contributed by atoms with Gasteiger partial charge in [-0.2, -0.15) is 0 Å². The van der Waals surface area contributed by atoms with Crippen LogP contribution in [0.15, 0.2) is 42.5 Å². The van der Waals surface area contributed by atoms with Gasteiger partial charge in [0.25, 0.3) is 5.91 Å². The second-order valence-electron chi connectivity index (χ2n) is 8.71. The SMILES string of the molecule is Cc1cc(C)cc(C2CCCN2C(=O)C2CCCN(C(=O)c3ccc(F)cc3)C2)c1. The number of hydrogen-bond donors (Lipinski definition) is 0. The predicted molar refractivity (Wildman–Crippen MR) is 115 cm³/mol. The molecular formula is C25H29FN2O2. The molecule has 0 saturated carbocycles. The Morgan fingerprint density at radius 3 is 2.30 bits per heavy atom. The molecule has 0 N–H and O–H groups in total. The van der Waals surface area contributed by atoms with E-state index < -0.39 is 0 Å². The van der Waals surface area contributed by atoms with Gasteiger partial charge < -0.3 is 9.80 Å². The molecule has 2 heterocycles. The topological polar surface area (TPSA) is 40.6 Å². The standard InChI is InChI=1S/C25H29FN2O2/c1-17-13-18(2)15-21(14-17)23-6-4-12-28(23)25(30)20-5-3-11-27(16-20)24(29)19-7-9-22(26)10-8-19/h7-10,13-15,20,23H,3-6,11-12,16H2,1-2H3. The van der Waals surface area contributed by atoms with E-state index >= 15 is 0 Å². The minimum atomic E-state index is -0.357. The number of carbonyl (C=O) groups excluding carboxylic acids is 2. The lowest BCUT2D eigenvalue weighted by Crippen LogP contribution is -2.46. The lowest BCUT2D eigenvalue weighted by Gasteiger charge is -2.36. The van der Waals surface area contributed by atoms with Crippen LogP contribution >= 0.6 is 0 Å². The molecule has 2 atom stereocenters. The minimum Gasteiger partial charge on any atom is -0.338 e. The molecule has 2 aromatic carbocycles. The monoisotopic (exact) mass is 408 g/mol. The third-order valence-electron chi connectivity index (χ3n) is 6.31. The van der Waals surface area contributed by atoms with Crippen molar-refractivity contribution in [3.63, 3.8) is 0 Å². The molecule has 4 rings (SSSR count). The summed E-state index contributed by atoms with van der Waals surface area (Å²) in [5.41, 5.74) is 4.13. The van der Waals surface area contributed by atoms with E-state index in [0.717, 1.165) is 32.2 Å². The van der Waals surface area contributed by atoms with Crippen molar-refractivity contribution < 1.29 is 14.0 Å². The summed E-state index contributed by atoms with van der Waals surface area (Å²) in [6.07, 6.45) is 3.61. The van der Waals surface area contributed by atoms with Gasteiger partial charge in [0.15, 0.2) is 0 Å². The molecule has 2 amide bonds. The van der Waals surface area contributed by atoms with E-state index in [-0.39, 0.29) is 29.6 Å². The molecule has 2 aromatic rings. The van der Waals surface area contributed by atoms with Gasteiger partial charge in [0.05, 0.1) is 12.0 Å². The molecular weight excluding hydrogens is 379 g/mol. The maximum absolute atomic E-state index is 13.4. The summed E-state index contributed by atoms with van der Waals surface area (Å²) in [4.78, 5) is 30.1. The van der Waals surface area contributed by atoms with E-state index in [9.17, 15) is 14.0 Å². The summed E-state index contributed by atoms with van der Waals surface area (Å²) in [7, 11) is 0. The third kappa shape index (κ3) is 4.25. The van der Waals surface area contributed by atoms with Crippen LogP contribution in [0.2, 0.25) is 0 Å². The Bertz CT molecular complexity index is 920. The number of nitrogens with zero attached hydrogens (tertiary/aromatic N) is 2. The molecule has 2 fully saturated rings. The van der Waals surface area contributed by atoms with E-state index in [1.165, 1.54) is 41.0 Å². The summed E-state index contributed by atoms with van der Waals surface area (Å²) in [6.45, 7) is 6.04. The zero-order chi connectivity index (χ0) is 21.3. The maximum atomic E-state index is 13.4. The molecule has 0 bridgehead atoms. The maximum Gasteiger partial charge on any atom is 0.253 e. The molecule has 4 nitrogen and oxygen atoms in total. The first-order valence-corrected chi connectivity index (χ1v) is 10.9. The van der Waals surface area contributed by atoms with Gasteiger partial charge >= 0.3 is 0 Å². The highest BCUT2D eigenvalue weighted by molar-refractivity contribution is 5.94. The number of halogens is 1. The van der Waals surface area contributed by atoms with Crippen molar-refractivity contribution in [1.29, 1.82) is 0 Å². The molecule has 0 aliphatic carbocycles. The molecule has 2 aliphatic heterocycles. The number of amides is 2. The summed E-state index contributed by atoms with van der Waals surface area (Å²) in [6, 6.07) is 12.3. The molecule has 158 valence electrons. The van der Waals surface area contributed by atoms with Crippen LogP contribution in [0.25, 0.3) is 0 Å². The van der Waals surface area contributed by atoms with Gasteiger partial charge in [-0.3, -0.25) is 9.59 Å². The Morgan fingerprint density at radius 1 is 0.933 bits per heavy atom. The van der Waals surface area contributed by atoms with Gasteiger partial charge in [-0.05, 0) is 69.4 Å². The van der Waals surface area contributed by atoms with E-state index in [1.807, 2.05) is 4.90 Å². The van der Waals surface area contributed by atoms with Crippen LogP contribution in [0.4, 0.5) is 4.39 Å². The van der Waals surface area contributed by atoms with Crippen LogP contribution in [-0.4, -0.2) is 41.2 Å². The predicted octanol–water partition coefficient (Wildman–Crippen LogP) is 4.66. The molecule has 0 radical (unpaired) electrons. The van der Waals surface area contributed by atoms with Gasteiger partial charge in [-0.25, -0.2) is 4.39 Å². The Labute approximate surface area is 177 Å². The summed E-state index contributed by atoms with van der Waals surface area (Å²) < 4.78 is 13.2. The molecule has 5 heteroatoms. The van der Waals surface area contributed by atoms with Gasteiger partial charge in [-0.15, -0.1) is 0 Å². The van der Waals surface area contributed by atoms with Crippen molar-refractivity contribution in [2.75, 3.05) is 19.6 Å². The largest absolute Gasteiger partial charge is 0.338 e.